The monoisotopic (exact) mass is 517 g/mol. The molecule has 1 aliphatic rings. The lowest BCUT2D eigenvalue weighted by atomic mass is 9.82. The first kappa shape index (κ1) is 29.0. The smallest absolute Gasteiger partial charge is 0.337 e. The molecule has 0 aliphatic carbocycles. The van der Waals surface area contributed by atoms with Gasteiger partial charge in [0.15, 0.2) is 6.10 Å². The minimum Gasteiger partial charge on any atom is -0.479 e. The molecule has 0 radical (unpaired) electrons. The van der Waals surface area contributed by atoms with Crippen LogP contribution in [0.3, 0.4) is 0 Å². The number of hydrogen-bond donors (Lipinski definition) is 1. The van der Waals surface area contributed by atoms with E-state index < -0.39 is 30.0 Å². The summed E-state index contributed by atoms with van der Waals surface area (Å²) in [5.41, 5.74) is 3.79. The number of ether oxygens (including phenoxy) is 1. The molecule has 2 atom stereocenters. The van der Waals surface area contributed by atoms with Gasteiger partial charge in [0, 0.05) is 48.2 Å². The molecular formula is C29H41F2N3O3. The van der Waals surface area contributed by atoms with Gasteiger partial charge in [-0.05, 0) is 70.4 Å². The molecule has 3 rings (SSSR count). The highest BCUT2D eigenvalue weighted by Gasteiger charge is 2.36. The highest BCUT2D eigenvalue weighted by molar-refractivity contribution is 5.85. The van der Waals surface area contributed by atoms with E-state index in [1.54, 1.807) is 19.3 Å². The van der Waals surface area contributed by atoms with Crippen molar-refractivity contribution in [3.05, 3.63) is 41.3 Å². The molecule has 6 nitrogen and oxygen atoms in total. The maximum atomic E-state index is 12.9. The summed E-state index contributed by atoms with van der Waals surface area (Å²) in [4.78, 5) is 24.0. The molecule has 0 spiro atoms. The molecule has 37 heavy (non-hydrogen) atoms. The molecule has 1 aliphatic heterocycles. The Balaban J connectivity index is 2.08. The number of alkyl halides is 2. The van der Waals surface area contributed by atoms with E-state index in [0.29, 0.717) is 29.8 Å². The average Bonchev–Trinajstić information content (AvgIpc) is 2.81. The Hall–Kier alpha value is -2.61. The second-order valence-corrected chi connectivity index (χ2v) is 12.0. The first-order valence-corrected chi connectivity index (χ1v) is 13.1. The lowest BCUT2D eigenvalue weighted by molar-refractivity contribution is -0.160. The van der Waals surface area contributed by atoms with Gasteiger partial charge in [0.2, 0.25) is 6.43 Å². The van der Waals surface area contributed by atoms with E-state index >= 15 is 0 Å². The summed E-state index contributed by atoms with van der Waals surface area (Å²) in [5.74, 6) is -1.73. The number of rotatable bonds is 9. The summed E-state index contributed by atoms with van der Waals surface area (Å²) in [5, 5.41) is 10.2. The number of anilines is 1. The van der Waals surface area contributed by atoms with Gasteiger partial charge in [-0.15, -0.1) is 0 Å². The van der Waals surface area contributed by atoms with E-state index in [9.17, 15) is 18.7 Å². The maximum absolute atomic E-state index is 12.9. The quantitative estimate of drug-likeness (QED) is 0.392. The third-order valence-electron chi connectivity index (χ3n) is 7.10. The van der Waals surface area contributed by atoms with Crippen LogP contribution in [-0.2, 0) is 16.0 Å². The highest BCUT2D eigenvalue weighted by atomic mass is 19.3. The summed E-state index contributed by atoms with van der Waals surface area (Å²) >= 11 is 0. The maximum Gasteiger partial charge on any atom is 0.337 e. The number of aliphatic carboxylic acids is 1. The van der Waals surface area contributed by atoms with Gasteiger partial charge in [-0.2, -0.15) is 0 Å². The Morgan fingerprint density at radius 3 is 2.32 bits per heavy atom. The Morgan fingerprint density at radius 2 is 1.81 bits per heavy atom. The zero-order chi connectivity index (χ0) is 27.5. The van der Waals surface area contributed by atoms with Crippen molar-refractivity contribution >= 4 is 11.7 Å². The number of pyridine rings is 2. The van der Waals surface area contributed by atoms with Gasteiger partial charge in [-0.3, -0.25) is 9.97 Å². The second-order valence-electron chi connectivity index (χ2n) is 12.0. The van der Waals surface area contributed by atoms with Crippen molar-refractivity contribution in [2.75, 3.05) is 18.0 Å². The number of carbonyl (C=O) groups is 1. The van der Waals surface area contributed by atoms with E-state index in [1.807, 2.05) is 39.8 Å². The molecule has 1 fully saturated rings. The summed E-state index contributed by atoms with van der Waals surface area (Å²) in [6.45, 7) is 15.0. The second kappa shape index (κ2) is 11.4. The average molecular weight is 518 g/mol. The van der Waals surface area contributed by atoms with E-state index in [2.05, 4.69) is 28.7 Å². The molecule has 0 amide bonds. The van der Waals surface area contributed by atoms with Crippen molar-refractivity contribution in [1.29, 1.82) is 0 Å². The van der Waals surface area contributed by atoms with Gasteiger partial charge < -0.3 is 14.7 Å². The lowest BCUT2D eigenvalue weighted by Gasteiger charge is -2.40. The number of piperidine rings is 1. The first-order valence-electron chi connectivity index (χ1n) is 13.1. The molecule has 0 unspecified atom stereocenters. The van der Waals surface area contributed by atoms with E-state index in [-0.39, 0.29) is 5.41 Å². The number of halogens is 2. The molecular weight excluding hydrogens is 476 g/mol. The standard InChI is InChI=1S/C29H41F2N3O3/c1-18(26(30)31)8-9-20-10-11-22(33-16-20)21-17-32-19(2)23(25(27(35)36)37-28(3,4)5)24(21)34-14-12-29(6,7)13-15-34/h10-11,16-18,25-26H,8-9,12-15H2,1-7H3,(H,35,36)/t18-,25-/m0/s1. The SMILES string of the molecule is Cc1ncc(-c2ccc(CC[C@H](C)C(F)F)cn2)c(N2CCC(C)(C)CC2)c1[C@H](OC(C)(C)C)C(=O)O. The predicted molar refractivity (Wildman–Crippen MR) is 142 cm³/mol. The van der Waals surface area contributed by atoms with E-state index in [1.165, 1.54) is 0 Å². The lowest BCUT2D eigenvalue weighted by Crippen LogP contribution is -2.39. The number of aryl methyl sites for hydroxylation is 2. The van der Waals surface area contributed by atoms with Crippen LogP contribution in [0.4, 0.5) is 14.5 Å². The Kier molecular flexibility index (Phi) is 8.93. The van der Waals surface area contributed by atoms with Crippen LogP contribution < -0.4 is 4.90 Å². The normalized spacial score (nSPS) is 17.6. The fourth-order valence-electron chi connectivity index (χ4n) is 4.62. The topological polar surface area (TPSA) is 75.5 Å². The highest BCUT2D eigenvalue weighted by Crippen LogP contribution is 2.43. The largest absolute Gasteiger partial charge is 0.479 e. The zero-order valence-corrected chi connectivity index (χ0v) is 23.1. The van der Waals surface area contributed by atoms with Crippen LogP contribution in [0, 0.1) is 18.3 Å². The van der Waals surface area contributed by atoms with E-state index in [4.69, 9.17) is 4.74 Å². The molecule has 1 saturated heterocycles. The minimum atomic E-state index is -2.33. The summed E-state index contributed by atoms with van der Waals surface area (Å²) < 4.78 is 31.9. The molecule has 1 N–H and O–H groups in total. The van der Waals surface area contributed by atoms with Gasteiger partial charge in [0.25, 0.3) is 0 Å². The van der Waals surface area contributed by atoms with Crippen molar-refractivity contribution in [2.45, 2.75) is 92.3 Å². The molecule has 0 saturated carbocycles. The van der Waals surface area contributed by atoms with Gasteiger partial charge in [0.1, 0.15) is 0 Å². The van der Waals surface area contributed by atoms with Gasteiger partial charge in [0.05, 0.1) is 17.0 Å². The number of carboxylic acids is 1. The minimum absolute atomic E-state index is 0.211. The van der Waals surface area contributed by atoms with Crippen LogP contribution in [0.2, 0.25) is 0 Å². The number of hydrogen-bond acceptors (Lipinski definition) is 5. The van der Waals surface area contributed by atoms with Crippen molar-refractivity contribution < 1.29 is 23.4 Å². The van der Waals surface area contributed by atoms with E-state index in [0.717, 1.165) is 42.7 Å². The van der Waals surface area contributed by atoms with Crippen LogP contribution in [-0.4, -0.2) is 46.2 Å². The Bertz CT molecular complexity index is 1070. The van der Waals surface area contributed by atoms with Crippen LogP contribution in [0.5, 0.6) is 0 Å². The number of nitrogens with zero attached hydrogens (tertiary/aromatic N) is 3. The molecule has 3 heterocycles. The molecule has 2 aromatic rings. The fourth-order valence-corrected chi connectivity index (χ4v) is 4.62. The summed E-state index contributed by atoms with van der Waals surface area (Å²) in [7, 11) is 0. The fraction of sp³-hybridized carbons (Fsp3) is 0.621. The number of carboxylic acid groups (broad SMARTS) is 1. The molecule has 2 aromatic heterocycles. The van der Waals surface area contributed by atoms with Gasteiger partial charge >= 0.3 is 5.97 Å². The van der Waals surface area contributed by atoms with Crippen molar-refractivity contribution in [2.24, 2.45) is 11.3 Å². The van der Waals surface area contributed by atoms with Gasteiger partial charge in [-0.1, -0.05) is 26.8 Å². The van der Waals surface area contributed by atoms with Crippen LogP contribution >= 0.6 is 0 Å². The predicted octanol–water partition coefficient (Wildman–Crippen LogP) is 6.85. The Labute approximate surface area is 219 Å². The van der Waals surface area contributed by atoms with Crippen molar-refractivity contribution in [1.82, 2.24) is 9.97 Å². The van der Waals surface area contributed by atoms with Crippen molar-refractivity contribution in [3.8, 4) is 11.3 Å². The zero-order valence-electron chi connectivity index (χ0n) is 23.1. The third-order valence-corrected chi connectivity index (χ3v) is 7.10. The number of aromatic nitrogens is 2. The van der Waals surface area contributed by atoms with Crippen molar-refractivity contribution in [3.63, 3.8) is 0 Å². The Morgan fingerprint density at radius 1 is 1.16 bits per heavy atom. The molecule has 0 bridgehead atoms. The molecule has 8 heteroatoms. The summed E-state index contributed by atoms with van der Waals surface area (Å²) in [6, 6.07) is 3.78. The third kappa shape index (κ3) is 7.46. The molecule has 0 aromatic carbocycles. The summed E-state index contributed by atoms with van der Waals surface area (Å²) in [6.07, 6.45) is 2.80. The first-order chi connectivity index (χ1) is 17.2. The molecule has 204 valence electrons. The van der Waals surface area contributed by atoms with Crippen LogP contribution in [0.15, 0.2) is 24.5 Å². The van der Waals surface area contributed by atoms with Crippen LogP contribution in [0.25, 0.3) is 11.3 Å². The van der Waals surface area contributed by atoms with Crippen LogP contribution in [0.1, 0.15) is 83.7 Å². The van der Waals surface area contributed by atoms with Gasteiger partial charge in [-0.25, -0.2) is 13.6 Å².